The summed E-state index contributed by atoms with van der Waals surface area (Å²) in [5, 5.41) is 6.81. The molecule has 2 amide bonds. The SMILES string of the molecule is CN=C(NCCCCN1C(=O)c2ccccc2C1=O)NC1CC(C)(OC)C1(C)C. The maximum Gasteiger partial charge on any atom is 0.261 e. The van der Waals surface area contributed by atoms with Gasteiger partial charge in [-0.3, -0.25) is 19.5 Å². The molecule has 0 aromatic heterocycles. The number of hydrogen-bond donors (Lipinski definition) is 2. The average molecular weight is 401 g/mol. The minimum Gasteiger partial charge on any atom is -0.378 e. The van der Waals surface area contributed by atoms with Crippen molar-refractivity contribution in [2.24, 2.45) is 10.4 Å². The Bertz CT molecular complexity index is 785. The third-order valence-corrected chi connectivity index (χ3v) is 6.79. The van der Waals surface area contributed by atoms with E-state index in [1.807, 2.05) is 0 Å². The molecule has 7 nitrogen and oxygen atoms in total. The van der Waals surface area contributed by atoms with Crippen LogP contribution in [0.25, 0.3) is 0 Å². The lowest BCUT2D eigenvalue weighted by molar-refractivity contribution is -0.176. The number of hydrogen-bond acceptors (Lipinski definition) is 4. The summed E-state index contributed by atoms with van der Waals surface area (Å²) in [5.74, 6) is 0.385. The van der Waals surface area contributed by atoms with E-state index in [0.29, 0.717) is 17.7 Å². The molecule has 1 aliphatic heterocycles. The van der Waals surface area contributed by atoms with Gasteiger partial charge in [0.15, 0.2) is 5.96 Å². The van der Waals surface area contributed by atoms with Crippen molar-refractivity contribution in [1.82, 2.24) is 15.5 Å². The fourth-order valence-electron chi connectivity index (χ4n) is 4.13. The first-order valence-electron chi connectivity index (χ1n) is 10.2. The number of imide groups is 1. The number of guanidine groups is 1. The van der Waals surface area contributed by atoms with Crippen LogP contribution < -0.4 is 10.6 Å². The maximum atomic E-state index is 12.4. The van der Waals surface area contributed by atoms with Crippen molar-refractivity contribution in [2.45, 2.75) is 51.7 Å². The van der Waals surface area contributed by atoms with Crippen molar-refractivity contribution in [3.63, 3.8) is 0 Å². The zero-order chi connectivity index (χ0) is 21.2. The Balaban J connectivity index is 1.41. The van der Waals surface area contributed by atoms with Crippen LogP contribution in [0.15, 0.2) is 29.3 Å². The van der Waals surface area contributed by atoms with E-state index in [0.717, 1.165) is 31.8 Å². The number of amides is 2. The van der Waals surface area contributed by atoms with Gasteiger partial charge in [0, 0.05) is 38.7 Å². The Morgan fingerprint density at radius 2 is 1.79 bits per heavy atom. The van der Waals surface area contributed by atoms with E-state index in [1.165, 1.54) is 4.90 Å². The zero-order valence-electron chi connectivity index (χ0n) is 18.0. The Morgan fingerprint density at radius 1 is 1.17 bits per heavy atom. The third-order valence-electron chi connectivity index (χ3n) is 6.79. The second kappa shape index (κ2) is 8.14. The fraction of sp³-hybridized carbons (Fsp3) is 0.591. The molecule has 1 aromatic carbocycles. The molecule has 3 rings (SSSR count). The molecular weight excluding hydrogens is 368 g/mol. The molecule has 2 N–H and O–H groups in total. The summed E-state index contributed by atoms with van der Waals surface area (Å²) in [6.45, 7) is 7.69. The number of nitrogens with one attached hydrogen (secondary N) is 2. The number of ether oxygens (including phenoxy) is 1. The van der Waals surface area contributed by atoms with Gasteiger partial charge in [0.25, 0.3) is 11.8 Å². The minimum absolute atomic E-state index is 0.00481. The molecule has 29 heavy (non-hydrogen) atoms. The number of methoxy groups -OCH3 is 1. The molecule has 2 aliphatic rings. The van der Waals surface area contributed by atoms with Crippen LogP contribution in [0, 0.1) is 5.41 Å². The second-order valence-corrected chi connectivity index (χ2v) is 8.57. The molecule has 1 fully saturated rings. The van der Waals surface area contributed by atoms with Crippen LogP contribution in [-0.4, -0.2) is 61.6 Å². The standard InChI is InChI=1S/C22H32N4O3/c1-21(2)17(14-22(21,3)29-5)25-20(23-4)24-12-8-9-13-26-18(27)15-10-6-7-11-16(15)19(26)28/h6-7,10-11,17H,8-9,12-14H2,1-5H3,(H2,23,24,25). The number of unbranched alkanes of at least 4 members (excludes halogenated alkanes) is 1. The smallest absolute Gasteiger partial charge is 0.261 e. The van der Waals surface area contributed by atoms with Crippen LogP contribution >= 0.6 is 0 Å². The largest absolute Gasteiger partial charge is 0.378 e. The summed E-state index contributed by atoms with van der Waals surface area (Å²) >= 11 is 0. The number of fused-ring (bicyclic) bond motifs is 1. The predicted octanol–water partition coefficient (Wildman–Crippen LogP) is 2.43. The normalized spacial score (nSPS) is 25.6. The Labute approximate surface area is 172 Å². The van der Waals surface area contributed by atoms with Gasteiger partial charge in [-0.25, -0.2) is 0 Å². The van der Waals surface area contributed by atoms with Crippen molar-refractivity contribution < 1.29 is 14.3 Å². The summed E-state index contributed by atoms with van der Waals surface area (Å²) in [7, 11) is 3.52. The molecule has 158 valence electrons. The molecule has 1 saturated carbocycles. The maximum absolute atomic E-state index is 12.4. The van der Waals surface area contributed by atoms with Crippen LogP contribution in [0.4, 0.5) is 0 Å². The van der Waals surface area contributed by atoms with Gasteiger partial charge in [0.1, 0.15) is 0 Å². The third kappa shape index (κ3) is 3.75. The van der Waals surface area contributed by atoms with Crippen LogP contribution in [-0.2, 0) is 4.74 Å². The number of carbonyl (C=O) groups is 2. The highest BCUT2D eigenvalue weighted by Gasteiger charge is 2.58. The highest BCUT2D eigenvalue weighted by atomic mass is 16.5. The predicted molar refractivity (Wildman–Crippen MR) is 113 cm³/mol. The first kappa shape index (κ1) is 21.3. The van der Waals surface area contributed by atoms with Gasteiger partial charge in [-0.05, 0) is 38.3 Å². The van der Waals surface area contributed by atoms with Crippen LogP contribution in [0.1, 0.15) is 60.7 Å². The lowest BCUT2D eigenvalue weighted by atomic mass is 9.56. The lowest BCUT2D eigenvalue weighted by Gasteiger charge is -2.59. The Hall–Kier alpha value is -2.41. The molecule has 0 saturated heterocycles. The zero-order valence-corrected chi connectivity index (χ0v) is 18.0. The van der Waals surface area contributed by atoms with Crippen molar-refractivity contribution in [3.8, 4) is 0 Å². The summed E-state index contributed by atoms with van der Waals surface area (Å²) < 4.78 is 5.68. The van der Waals surface area contributed by atoms with E-state index in [2.05, 4.69) is 36.4 Å². The molecule has 7 heteroatoms. The number of nitrogens with zero attached hydrogens (tertiary/aromatic N) is 2. The summed E-state index contributed by atoms with van der Waals surface area (Å²) in [4.78, 5) is 30.4. The van der Waals surface area contributed by atoms with Gasteiger partial charge in [0.2, 0.25) is 0 Å². The van der Waals surface area contributed by atoms with E-state index < -0.39 is 0 Å². The van der Waals surface area contributed by atoms with Gasteiger partial charge >= 0.3 is 0 Å². The molecule has 1 heterocycles. The molecule has 2 atom stereocenters. The van der Waals surface area contributed by atoms with Gasteiger partial charge in [-0.15, -0.1) is 0 Å². The lowest BCUT2D eigenvalue weighted by Crippen LogP contribution is -2.69. The fourth-order valence-corrected chi connectivity index (χ4v) is 4.13. The number of rotatable bonds is 7. The highest BCUT2D eigenvalue weighted by molar-refractivity contribution is 6.21. The monoisotopic (exact) mass is 400 g/mol. The first-order chi connectivity index (χ1) is 13.7. The molecule has 0 bridgehead atoms. The second-order valence-electron chi connectivity index (χ2n) is 8.57. The molecule has 1 aliphatic carbocycles. The van der Waals surface area contributed by atoms with E-state index >= 15 is 0 Å². The van der Waals surface area contributed by atoms with Crippen molar-refractivity contribution in [3.05, 3.63) is 35.4 Å². The summed E-state index contributed by atoms with van der Waals surface area (Å²) in [6.07, 6.45) is 2.50. The summed E-state index contributed by atoms with van der Waals surface area (Å²) in [5.41, 5.74) is 0.888. The minimum atomic E-state index is -0.190. The van der Waals surface area contributed by atoms with Gasteiger partial charge in [-0.2, -0.15) is 0 Å². The quantitative estimate of drug-likeness (QED) is 0.318. The first-order valence-corrected chi connectivity index (χ1v) is 10.2. The number of benzene rings is 1. The van der Waals surface area contributed by atoms with E-state index in [1.54, 1.807) is 38.4 Å². The Morgan fingerprint density at radius 3 is 2.31 bits per heavy atom. The summed E-state index contributed by atoms with van der Waals surface area (Å²) in [6, 6.07) is 7.28. The van der Waals surface area contributed by atoms with E-state index in [9.17, 15) is 9.59 Å². The molecule has 0 radical (unpaired) electrons. The highest BCUT2D eigenvalue weighted by Crippen LogP contribution is 2.51. The van der Waals surface area contributed by atoms with Gasteiger partial charge in [0.05, 0.1) is 16.7 Å². The van der Waals surface area contributed by atoms with Gasteiger partial charge in [-0.1, -0.05) is 26.0 Å². The van der Waals surface area contributed by atoms with E-state index in [4.69, 9.17) is 4.74 Å². The van der Waals surface area contributed by atoms with Crippen molar-refractivity contribution >= 4 is 17.8 Å². The average Bonchev–Trinajstić information content (AvgIpc) is 2.96. The van der Waals surface area contributed by atoms with Crippen molar-refractivity contribution in [2.75, 3.05) is 27.2 Å². The number of aliphatic imine (C=N–C) groups is 1. The van der Waals surface area contributed by atoms with Crippen molar-refractivity contribution in [1.29, 1.82) is 0 Å². The molecule has 0 spiro atoms. The molecule has 2 unspecified atom stereocenters. The number of carbonyl (C=O) groups excluding carboxylic acids is 2. The van der Waals surface area contributed by atoms with Gasteiger partial charge < -0.3 is 15.4 Å². The molecule has 1 aromatic rings. The van der Waals surface area contributed by atoms with Crippen LogP contribution in [0.2, 0.25) is 0 Å². The van der Waals surface area contributed by atoms with Crippen LogP contribution in [0.5, 0.6) is 0 Å². The van der Waals surface area contributed by atoms with E-state index in [-0.39, 0.29) is 28.9 Å². The Kier molecular flexibility index (Phi) is 5.98. The molecular formula is C22H32N4O3. The van der Waals surface area contributed by atoms with Crippen LogP contribution in [0.3, 0.4) is 0 Å². The topological polar surface area (TPSA) is 83.0 Å².